The van der Waals surface area contributed by atoms with Crippen LogP contribution >= 0.6 is 64.3 Å². The van der Waals surface area contributed by atoms with Crippen molar-refractivity contribution in [3.05, 3.63) is 0 Å². The molecule has 12 heteroatoms. The average molecular weight is 337 g/mol. The number of hydrogen-bond acceptors (Lipinski definition) is 5. The number of halogens is 4. The van der Waals surface area contributed by atoms with Crippen LogP contribution in [0.15, 0.2) is 13.5 Å². The topological polar surface area (TPSA) is 61.1 Å². The monoisotopic (exact) mass is 335 g/mol. The molecule has 0 fully saturated rings. The minimum absolute atomic E-state index is 1.68. The van der Waals surface area contributed by atoms with Gasteiger partial charge in [0, 0.05) is 0 Å². The summed E-state index contributed by atoms with van der Waals surface area (Å²) in [6.07, 6.45) is 0. The first-order valence-electron chi connectivity index (χ1n) is 3.32. The van der Waals surface area contributed by atoms with Gasteiger partial charge in [-0.05, 0) is 59.1 Å². The lowest BCUT2D eigenvalue weighted by Crippen LogP contribution is -2.13. The van der Waals surface area contributed by atoms with Crippen molar-refractivity contribution in [3.8, 4) is 0 Å². The fourth-order valence-corrected chi connectivity index (χ4v) is 15.7. The Hall–Kier alpha value is 1.77. The first-order chi connectivity index (χ1) is 6.24. The quantitative estimate of drug-likeness (QED) is 0.678. The lowest BCUT2D eigenvalue weighted by atomic mass is 11.6. The van der Waals surface area contributed by atoms with Gasteiger partial charge in [-0.2, -0.15) is 13.5 Å². The Kier molecular flexibility index (Phi) is 4.51. The van der Waals surface area contributed by atoms with Crippen LogP contribution in [0.2, 0.25) is 0 Å². The second kappa shape index (κ2) is 4.56. The van der Waals surface area contributed by atoms with Crippen LogP contribution in [-0.4, -0.2) is 14.1 Å². The van der Waals surface area contributed by atoms with Gasteiger partial charge in [0.2, 0.25) is 7.51 Å². The van der Waals surface area contributed by atoms with Crippen LogP contribution in [0.1, 0.15) is 0 Å². The maximum absolute atomic E-state index is 5.89. The largest absolute Gasteiger partial charge is 0.257 e. The van der Waals surface area contributed by atoms with Gasteiger partial charge in [0.15, 0.2) is 0 Å². The van der Waals surface area contributed by atoms with E-state index in [1.54, 1.807) is 14.1 Å². The van der Waals surface area contributed by atoms with E-state index in [-0.39, 0.29) is 0 Å². The summed E-state index contributed by atoms with van der Waals surface area (Å²) in [4.78, 5) is 0. The zero-order valence-corrected chi connectivity index (χ0v) is 12.9. The lowest BCUT2D eigenvalue weighted by molar-refractivity contribution is 1.12. The van der Waals surface area contributed by atoms with Crippen molar-refractivity contribution < 1.29 is 0 Å². The number of nitrogens with one attached hydrogen (secondary N) is 2. The van der Waals surface area contributed by atoms with Crippen molar-refractivity contribution in [2.75, 3.05) is 14.1 Å². The Morgan fingerprint density at radius 3 is 1.57 bits per heavy atom. The summed E-state index contributed by atoms with van der Waals surface area (Å²) < 4.78 is 12.1. The lowest BCUT2D eigenvalue weighted by Gasteiger charge is -2.25. The molecule has 1 heterocycles. The van der Waals surface area contributed by atoms with E-state index in [1.165, 1.54) is 0 Å². The van der Waals surface area contributed by atoms with Crippen LogP contribution in [0, 0.1) is 0 Å². The molecule has 1 aliphatic heterocycles. The molecule has 1 rings (SSSR count). The molecule has 0 saturated heterocycles. The fraction of sp³-hybridized carbons (Fsp3) is 1.00. The normalized spacial score (nSPS) is 27.0. The minimum atomic E-state index is -2.80. The first kappa shape index (κ1) is 13.8. The van der Waals surface area contributed by atoms with Crippen LogP contribution in [0.5, 0.6) is 0 Å². The third-order valence-electron chi connectivity index (χ3n) is 1.31. The van der Waals surface area contributed by atoms with E-state index in [9.17, 15) is 0 Å². The predicted octanol–water partition coefficient (Wildman–Crippen LogP) is 5.23. The van der Waals surface area contributed by atoms with Gasteiger partial charge in [-0.3, -0.25) is 10.2 Å². The Labute approximate surface area is 102 Å². The molecule has 0 atom stereocenters. The van der Waals surface area contributed by atoms with Crippen molar-refractivity contribution in [1.82, 2.24) is 10.2 Å². The van der Waals surface area contributed by atoms with Gasteiger partial charge in [0.05, 0.1) is 0 Å². The van der Waals surface area contributed by atoms with Gasteiger partial charge in [-0.15, -0.1) is 0 Å². The molecule has 0 radical (unpaired) electrons. The van der Waals surface area contributed by atoms with Gasteiger partial charge < -0.3 is 0 Å². The summed E-state index contributed by atoms with van der Waals surface area (Å²) in [6.45, 7) is 0. The third kappa shape index (κ3) is 3.38. The Bertz CT molecular complexity index is 374. The highest BCUT2D eigenvalue weighted by atomic mass is 35.9. The Balaban J connectivity index is 3.46. The van der Waals surface area contributed by atoms with Crippen molar-refractivity contribution in [2.24, 2.45) is 13.5 Å². The highest BCUT2D eigenvalue weighted by Gasteiger charge is 2.31. The molecule has 0 unspecified atom stereocenters. The van der Waals surface area contributed by atoms with E-state index in [0.29, 0.717) is 0 Å². The van der Waals surface area contributed by atoms with Crippen LogP contribution in [0.3, 0.4) is 0 Å². The van der Waals surface area contributed by atoms with Crippen molar-refractivity contribution in [2.45, 2.75) is 0 Å². The third-order valence-corrected chi connectivity index (χ3v) is 12.9. The second-order valence-electron chi connectivity index (χ2n) is 2.23. The van der Waals surface area contributed by atoms with Gasteiger partial charge in [-0.1, -0.05) is 0 Å². The molecule has 1 aliphatic rings. The summed E-state index contributed by atoms with van der Waals surface area (Å²) in [5.74, 6) is -5.60. The Morgan fingerprint density at radius 1 is 0.786 bits per heavy atom. The number of hydrogen-bond donors (Lipinski definition) is 2. The molecule has 14 heavy (non-hydrogen) atoms. The molecule has 0 spiro atoms. The maximum Gasteiger partial charge on any atom is 0.257 e. The Morgan fingerprint density at radius 2 is 1.21 bits per heavy atom. The molecule has 0 bridgehead atoms. The molecule has 0 aromatic carbocycles. The predicted molar refractivity (Wildman–Crippen MR) is 69.6 cm³/mol. The highest BCUT2D eigenvalue weighted by Crippen LogP contribution is 2.83. The fourth-order valence-electron chi connectivity index (χ4n) is 0.785. The molecule has 0 amide bonds. The van der Waals surface area contributed by atoms with E-state index < -0.39 is 19.3 Å². The first-order valence-corrected chi connectivity index (χ1v) is 12.0. The molecule has 0 aromatic heterocycles. The van der Waals surface area contributed by atoms with Crippen molar-refractivity contribution >= 4 is 64.3 Å². The summed E-state index contributed by atoms with van der Waals surface area (Å²) in [7, 11) is 1.00. The maximum atomic E-state index is 5.89. The average Bonchev–Trinajstić information content (AvgIpc) is 1.98. The van der Waals surface area contributed by atoms with E-state index in [1.807, 2.05) is 0 Å². The zero-order valence-electron chi connectivity index (χ0n) is 7.20. The van der Waals surface area contributed by atoms with Gasteiger partial charge >= 0.3 is 0 Å². The molecule has 0 aromatic rings. The summed E-state index contributed by atoms with van der Waals surface area (Å²) in [6, 6.07) is 0. The summed E-state index contributed by atoms with van der Waals surface area (Å²) in [5.41, 5.74) is 0. The standard InChI is InChI=1S/C2H8Cl4N5P3/c1-7-14(8-2)10-12(3,4)9-13(5,6)11-14/h7-8H,1-2H3. The molecular weight excluding hydrogens is 329 g/mol. The van der Waals surface area contributed by atoms with Gasteiger partial charge in [-0.25, -0.2) is 0 Å². The van der Waals surface area contributed by atoms with E-state index in [4.69, 9.17) is 45.0 Å². The molecule has 2 N–H and O–H groups in total. The summed E-state index contributed by atoms with van der Waals surface area (Å²) >= 11 is 23.6. The van der Waals surface area contributed by atoms with Crippen LogP contribution in [-0.2, 0) is 0 Å². The van der Waals surface area contributed by atoms with Crippen molar-refractivity contribution in [3.63, 3.8) is 0 Å². The van der Waals surface area contributed by atoms with Crippen LogP contribution in [0.25, 0.3) is 0 Å². The SMILES string of the molecule is CNP1(NC)=NP(Cl)(Cl)=NP(Cl)(Cl)=N1. The smallest absolute Gasteiger partial charge is 0.257 e. The molecule has 5 nitrogen and oxygen atoms in total. The molecule has 0 aliphatic carbocycles. The summed E-state index contributed by atoms with van der Waals surface area (Å²) in [5, 5.41) is 5.81. The molecule has 0 saturated carbocycles. The van der Waals surface area contributed by atoms with Crippen LogP contribution in [0.4, 0.5) is 0 Å². The van der Waals surface area contributed by atoms with E-state index in [0.717, 1.165) is 0 Å². The number of rotatable bonds is 2. The van der Waals surface area contributed by atoms with E-state index in [2.05, 4.69) is 23.7 Å². The highest BCUT2D eigenvalue weighted by molar-refractivity contribution is 8.20. The molecular formula is C2H8Cl4N5P3. The molecule has 84 valence electrons. The minimum Gasteiger partial charge on any atom is -0.257 e. The number of nitrogens with zero attached hydrogens (tertiary/aromatic N) is 3. The van der Waals surface area contributed by atoms with Gasteiger partial charge in [0.1, 0.15) is 0 Å². The van der Waals surface area contributed by atoms with Crippen molar-refractivity contribution in [1.29, 1.82) is 0 Å². The second-order valence-corrected chi connectivity index (χ2v) is 15.0. The van der Waals surface area contributed by atoms with Gasteiger partial charge in [0.25, 0.3) is 11.8 Å². The van der Waals surface area contributed by atoms with E-state index >= 15 is 0 Å². The zero-order chi connectivity index (χ0) is 11.0. The van der Waals surface area contributed by atoms with Crippen LogP contribution < -0.4 is 10.2 Å².